The van der Waals surface area contributed by atoms with Gasteiger partial charge >= 0.3 is 0 Å². The Hall–Kier alpha value is -3.27. The molecule has 0 spiro atoms. The van der Waals surface area contributed by atoms with Crippen LogP contribution >= 0.6 is 0 Å². The Morgan fingerprint density at radius 3 is 2.04 bits per heavy atom. The van der Waals surface area contributed by atoms with Crippen molar-refractivity contribution in [2.24, 2.45) is 0 Å². The van der Waals surface area contributed by atoms with Crippen LogP contribution in [-0.2, 0) is 11.2 Å². The second-order valence-corrected chi connectivity index (χ2v) is 5.91. The molecular weight excluding hydrogens is 324 g/mol. The van der Waals surface area contributed by atoms with Gasteiger partial charge in [0.15, 0.2) is 0 Å². The van der Waals surface area contributed by atoms with Crippen molar-refractivity contribution in [2.75, 3.05) is 24.8 Å². The minimum absolute atomic E-state index is 0.0513. The molecule has 3 aromatic rings. The van der Waals surface area contributed by atoms with E-state index in [9.17, 15) is 4.79 Å². The van der Waals surface area contributed by atoms with Crippen molar-refractivity contribution in [2.45, 2.75) is 6.42 Å². The van der Waals surface area contributed by atoms with E-state index >= 15 is 0 Å². The molecule has 26 heavy (non-hydrogen) atoms. The zero-order valence-electron chi connectivity index (χ0n) is 15.0. The Morgan fingerprint density at radius 2 is 1.42 bits per heavy atom. The molecule has 0 aliphatic heterocycles. The first-order valence-electron chi connectivity index (χ1n) is 8.50. The predicted octanol–water partition coefficient (Wildman–Crippen LogP) is 4.59. The SMILES string of the molecule is CNc1ccccc1-c1ccccc1NC(=O)Cc1ccc(OC)cc1. The van der Waals surface area contributed by atoms with Crippen molar-refractivity contribution in [3.63, 3.8) is 0 Å². The summed E-state index contributed by atoms with van der Waals surface area (Å²) >= 11 is 0. The number of rotatable bonds is 6. The molecule has 0 heterocycles. The number of amides is 1. The highest BCUT2D eigenvalue weighted by Gasteiger charge is 2.11. The highest BCUT2D eigenvalue weighted by atomic mass is 16.5. The van der Waals surface area contributed by atoms with E-state index in [0.717, 1.165) is 33.8 Å². The van der Waals surface area contributed by atoms with Gasteiger partial charge in [0, 0.05) is 29.5 Å². The molecule has 0 aromatic heterocycles. The molecule has 0 fully saturated rings. The van der Waals surface area contributed by atoms with Crippen LogP contribution in [0.1, 0.15) is 5.56 Å². The lowest BCUT2D eigenvalue weighted by atomic mass is 10.0. The van der Waals surface area contributed by atoms with Crippen molar-refractivity contribution in [1.29, 1.82) is 0 Å². The van der Waals surface area contributed by atoms with Gasteiger partial charge in [0.05, 0.1) is 13.5 Å². The Balaban J connectivity index is 1.80. The summed E-state index contributed by atoms with van der Waals surface area (Å²) in [5, 5.41) is 6.24. The second kappa shape index (κ2) is 8.21. The molecule has 3 rings (SSSR count). The van der Waals surface area contributed by atoms with E-state index < -0.39 is 0 Å². The topological polar surface area (TPSA) is 50.4 Å². The molecule has 132 valence electrons. The number of ether oxygens (including phenoxy) is 1. The number of hydrogen-bond donors (Lipinski definition) is 2. The van der Waals surface area contributed by atoms with Gasteiger partial charge in [-0.3, -0.25) is 4.79 Å². The van der Waals surface area contributed by atoms with Gasteiger partial charge in [0.25, 0.3) is 0 Å². The van der Waals surface area contributed by atoms with Crippen molar-refractivity contribution in [3.05, 3.63) is 78.4 Å². The largest absolute Gasteiger partial charge is 0.497 e. The van der Waals surface area contributed by atoms with E-state index in [1.54, 1.807) is 7.11 Å². The van der Waals surface area contributed by atoms with Gasteiger partial charge < -0.3 is 15.4 Å². The molecular formula is C22H22N2O2. The summed E-state index contributed by atoms with van der Waals surface area (Å²) < 4.78 is 5.15. The number of nitrogens with one attached hydrogen (secondary N) is 2. The smallest absolute Gasteiger partial charge is 0.228 e. The summed E-state index contributed by atoms with van der Waals surface area (Å²) in [6.07, 6.45) is 0.312. The fourth-order valence-corrected chi connectivity index (χ4v) is 2.89. The summed E-state index contributed by atoms with van der Waals surface area (Å²) in [4.78, 5) is 12.5. The second-order valence-electron chi connectivity index (χ2n) is 5.91. The molecule has 0 bridgehead atoms. The first-order valence-corrected chi connectivity index (χ1v) is 8.50. The predicted molar refractivity (Wildman–Crippen MR) is 107 cm³/mol. The minimum atomic E-state index is -0.0513. The van der Waals surface area contributed by atoms with E-state index in [1.165, 1.54) is 0 Å². The van der Waals surface area contributed by atoms with E-state index in [2.05, 4.69) is 10.6 Å². The number of methoxy groups -OCH3 is 1. The normalized spacial score (nSPS) is 10.2. The molecule has 0 unspecified atom stereocenters. The number of benzene rings is 3. The number of carbonyl (C=O) groups is 1. The molecule has 0 aliphatic rings. The zero-order valence-corrected chi connectivity index (χ0v) is 15.0. The van der Waals surface area contributed by atoms with Gasteiger partial charge in [0.2, 0.25) is 5.91 Å². The van der Waals surface area contributed by atoms with Crippen LogP contribution in [0.3, 0.4) is 0 Å². The third kappa shape index (κ3) is 4.03. The fraction of sp³-hybridized carbons (Fsp3) is 0.136. The van der Waals surface area contributed by atoms with Crippen molar-refractivity contribution in [3.8, 4) is 16.9 Å². The Kier molecular flexibility index (Phi) is 5.54. The Bertz CT molecular complexity index is 889. The average molecular weight is 346 g/mol. The van der Waals surface area contributed by atoms with E-state index in [0.29, 0.717) is 6.42 Å². The molecule has 4 nitrogen and oxygen atoms in total. The molecule has 0 radical (unpaired) electrons. The third-order valence-electron chi connectivity index (χ3n) is 4.21. The first-order chi connectivity index (χ1) is 12.7. The van der Waals surface area contributed by atoms with Gasteiger partial charge in [-0.25, -0.2) is 0 Å². The van der Waals surface area contributed by atoms with E-state index in [-0.39, 0.29) is 5.91 Å². The lowest BCUT2D eigenvalue weighted by Gasteiger charge is -2.14. The number of hydrogen-bond acceptors (Lipinski definition) is 3. The van der Waals surface area contributed by atoms with Crippen LogP contribution in [0, 0.1) is 0 Å². The van der Waals surface area contributed by atoms with Gasteiger partial charge in [-0.2, -0.15) is 0 Å². The summed E-state index contributed by atoms with van der Waals surface area (Å²) in [6.45, 7) is 0. The van der Waals surface area contributed by atoms with E-state index in [4.69, 9.17) is 4.74 Å². The van der Waals surface area contributed by atoms with Crippen LogP contribution < -0.4 is 15.4 Å². The molecule has 4 heteroatoms. The summed E-state index contributed by atoms with van der Waals surface area (Å²) in [7, 11) is 3.52. The quantitative estimate of drug-likeness (QED) is 0.686. The fourth-order valence-electron chi connectivity index (χ4n) is 2.89. The first kappa shape index (κ1) is 17.5. The monoisotopic (exact) mass is 346 g/mol. The lowest BCUT2D eigenvalue weighted by molar-refractivity contribution is -0.115. The van der Waals surface area contributed by atoms with Crippen molar-refractivity contribution < 1.29 is 9.53 Å². The molecule has 0 atom stereocenters. The van der Waals surface area contributed by atoms with Gasteiger partial charge in [-0.05, 0) is 29.8 Å². The Labute approximate surface area is 153 Å². The Morgan fingerprint density at radius 1 is 0.846 bits per heavy atom. The van der Waals surface area contributed by atoms with Crippen LogP contribution in [0.25, 0.3) is 11.1 Å². The van der Waals surface area contributed by atoms with Crippen LogP contribution in [0.15, 0.2) is 72.8 Å². The van der Waals surface area contributed by atoms with Crippen LogP contribution in [0.4, 0.5) is 11.4 Å². The van der Waals surface area contributed by atoms with Crippen molar-refractivity contribution in [1.82, 2.24) is 0 Å². The maximum absolute atomic E-state index is 12.5. The van der Waals surface area contributed by atoms with Gasteiger partial charge in [0.1, 0.15) is 5.75 Å². The molecule has 2 N–H and O–H groups in total. The maximum atomic E-state index is 12.5. The molecule has 1 amide bonds. The van der Waals surface area contributed by atoms with Crippen LogP contribution in [0.5, 0.6) is 5.75 Å². The van der Waals surface area contributed by atoms with Crippen LogP contribution in [0.2, 0.25) is 0 Å². The molecule has 0 aliphatic carbocycles. The van der Waals surface area contributed by atoms with E-state index in [1.807, 2.05) is 79.8 Å². The van der Waals surface area contributed by atoms with Gasteiger partial charge in [-0.1, -0.05) is 48.5 Å². The standard InChI is InChI=1S/C22H22N2O2/c1-23-20-9-5-3-7-18(20)19-8-4-6-10-21(19)24-22(25)15-16-11-13-17(26-2)14-12-16/h3-14,23H,15H2,1-2H3,(H,24,25). The zero-order chi connectivity index (χ0) is 18.4. The average Bonchev–Trinajstić information content (AvgIpc) is 2.69. The number of anilines is 2. The van der Waals surface area contributed by atoms with Gasteiger partial charge in [-0.15, -0.1) is 0 Å². The summed E-state index contributed by atoms with van der Waals surface area (Å²) in [5.41, 5.74) is 4.80. The molecule has 0 saturated carbocycles. The highest BCUT2D eigenvalue weighted by Crippen LogP contribution is 2.33. The summed E-state index contributed by atoms with van der Waals surface area (Å²) in [5.74, 6) is 0.729. The summed E-state index contributed by atoms with van der Waals surface area (Å²) in [6, 6.07) is 23.4. The molecule has 0 saturated heterocycles. The lowest BCUT2D eigenvalue weighted by Crippen LogP contribution is -2.15. The van der Waals surface area contributed by atoms with Crippen LogP contribution in [-0.4, -0.2) is 20.1 Å². The number of para-hydroxylation sites is 2. The highest BCUT2D eigenvalue weighted by molar-refractivity contribution is 5.98. The van der Waals surface area contributed by atoms with Crippen molar-refractivity contribution >= 4 is 17.3 Å². The maximum Gasteiger partial charge on any atom is 0.228 e. The molecule has 3 aromatic carbocycles. The minimum Gasteiger partial charge on any atom is -0.497 e. The number of carbonyl (C=O) groups excluding carboxylic acids is 1. The third-order valence-corrected chi connectivity index (χ3v) is 4.21.